The molecule has 5 rings (SSSR count). The molecular weight excluding hydrogens is 471 g/mol. The molecule has 33 heavy (non-hydrogen) atoms. The van der Waals surface area contributed by atoms with Gasteiger partial charge in [0.05, 0.1) is 12.2 Å². The van der Waals surface area contributed by atoms with Crippen LogP contribution in [0.15, 0.2) is 35.4 Å². The molecule has 0 amide bonds. The molecule has 10 heteroatoms. The number of nitrogens with zero attached hydrogens (tertiary/aromatic N) is 5. The third kappa shape index (κ3) is 4.40. The summed E-state index contributed by atoms with van der Waals surface area (Å²) in [5, 5.41) is 1.44. The molecule has 2 aromatic heterocycles. The van der Waals surface area contributed by atoms with Crippen molar-refractivity contribution in [1.29, 1.82) is 0 Å². The van der Waals surface area contributed by atoms with Crippen LogP contribution in [-0.2, 0) is 25.6 Å². The number of alkyl halides is 3. The number of rotatable bonds is 4. The molecule has 1 aromatic carbocycles. The van der Waals surface area contributed by atoms with E-state index in [0.29, 0.717) is 28.9 Å². The second-order valence-electron chi connectivity index (χ2n) is 8.19. The van der Waals surface area contributed by atoms with Crippen LogP contribution in [0.1, 0.15) is 42.3 Å². The number of benzene rings is 1. The van der Waals surface area contributed by atoms with Crippen molar-refractivity contribution < 1.29 is 13.2 Å². The molecule has 2 aliphatic rings. The highest BCUT2D eigenvalue weighted by Crippen LogP contribution is 2.43. The average Bonchev–Trinajstić information content (AvgIpc) is 3.19. The Balaban J connectivity index is 1.55. The average molecular weight is 492 g/mol. The Hall–Kier alpha value is -2.39. The number of hydrogen-bond donors (Lipinski definition) is 0. The Morgan fingerprint density at radius 1 is 1.09 bits per heavy atom. The summed E-state index contributed by atoms with van der Waals surface area (Å²) in [6.07, 6.45) is -1.41. The Morgan fingerprint density at radius 3 is 2.61 bits per heavy atom. The Bertz CT molecular complexity index is 1190. The summed E-state index contributed by atoms with van der Waals surface area (Å²) in [5.74, 6) is 0.781. The van der Waals surface area contributed by atoms with Crippen LogP contribution in [-0.4, -0.2) is 31.7 Å². The zero-order valence-corrected chi connectivity index (χ0v) is 19.4. The van der Waals surface area contributed by atoms with Crippen molar-refractivity contribution in [3.63, 3.8) is 0 Å². The minimum absolute atomic E-state index is 0.0769. The Kier molecular flexibility index (Phi) is 5.95. The van der Waals surface area contributed by atoms with E-state index in [2.05, 4.69) is 26.9 Å². The topological polar surface area (TPSA) is 54.8 Å². The molecule has 1 atom stereocenters. The lowest BCUT2D eigenvalue weighted by molar-refractivity contribution is -0.141. The van der Waals surface area contributed by atoms with Gasteiger partial charge < -0.3 is 4.90 Å². The zero-order valence-electron chi connectivity index (χ0n) is 17.9. The molecule has 3 aromatic rings. The van der Waals surface area contributed by atoms with Crippen molar-refractivity contribution in [2.45, 2.75) is 55.6 Å². The monoisotopic (exact) mass is 491 g/mol. The van der Waals surface area contributed by atoms with Crippen molar-refractivity contribution in [2.24, 2.45) is 0 Å². The summed E-state index contributed by atoms with van der Waals surface area (Å²) in [6, 6.07) is 8.75. The standard InChI is InChI=1S/C23H21ClF3N5S/c1-2-6-14-11-16-20(30-22(24)31-21(16)33-14)32-10-9-15-17(12-32)28-19(13-7-4-3-5-8-13)29-18(15)23(25,26)27/h3-5,7-8,14H,2,6,9-12H2,1H3. The summed E-state index contributed by atoms with van der Waals surface area (Å²) >= 11 is 7.93. The van der Waals surface area contributed by atoms with Crippen molar-refractivity contribution in [3.05, 3.63) is 58.1 Å². The molecule has 0 saturated heterocycles. The lowest BCUT2D eigenvalue weighted by Gasteiger charge is -2.31. The Morgan fingerprint density at radius 2 is 1.88 bits per heavy atom. The third-order valence-corrected chi connectivity index (χ3v) is 7.37. The molecule has 2 aliphatic heterocycles. The highest BCUT2D eigenvalue weighted by Gasteiger charge is 2.39. The maximum atomic E-state index is 13.9. The first-order chi connectivity index (χ1) is 15.8. The molecule has 0 fully saturated rings. The van der Waals surface area contributed by atoms with Gasteiger partial charge in [0.1, 0.15) is 10.8 Å². The van der Waals surface area contributed by atoms with Gasteiger partial charge in [0.15, 0.2) is 11.5 Å². The summed E-state index contributed by atoms with van der Waals surface area (Å²) in [4.78, 5) is 19.4. The predicted molar refractivity (Wildman–Crippen MR) is 123 cm³/mol. The van der Waals surface area contributed by atoms with Gasteiger partial charge in [-0.1, -0.05) is 43.7 Å². The van der Waals surface area contributed by atoms with Gasteiger partial charge in [-0.15, -0.1) is 11.8 Å². The zero-order chi connectivity index (χ0) is 23.2. The first-order valence-corrected chi connectivity index (χ1v) is 12.1. The van der Waals surface area contributed by atoms with Gasteiger partial charge in [-0.25, -0.2) is 19.9 Å². The van der Waals surface area contributed by atoms with Crippen molar-refractivity contribution in [2.75, 3.05) is 11.4 Å². The number of anilines is 1. The van der Waals surface area contributed by atoms with Crippen LogP contribution in [0.5, 0.6) is 0 Å². The first kappa shape index (κ1) is 22.4. The van der Waals surface area contributed by atoms with E-state index in [1.807, 2.05) is 4.90 Å². The summed E-state index contributed by atoms with van der Waals surface area (Å²) in [7, 11) is 0. The van der Waals surface area contributed by atoms with Crippen molar-refractivity contribution in [3.8, 4) is 11.4 Å². The van der Waals surface area contributed by atoms with Crippen molar-refractivity contribution in [1.82, 2.24) is 19.9 Å². The van der Waals surface area contributed by atoms with Gasteiger partial charge in [0, 0.05) is 28.5 Å². The van der Waals surface area contributed by atoms with Crippen LogP contribution in [0, 0.1) is 0 Å². The second-order valence-corrected chi connectivity index (χ2v) is 9.82. The summed E-state index contributed by atoms with van der Waals surface area (Å²) in [6.45, 7) is 2.74. The number of aromatic nitrogens is 4. The van der Waals surface area contributed by atoms with Crippen LogP contribution < -0.4 is 4.90 Å². The second kappa shape index (κ2) is 8.76. The van der Waals surface area contributed by atoms with E-state index in [-0.39, 0.29) is 29.6 Å². The van der Waals surface area contributed by atoms with Gasteiger partial charge in [0.25, 0.3) is 0 Å². The van der Waals surface area contributed by atoms with E-state index in [1.165, 1.54) is 0 Å². The molecule has 0 aliphatic carbocycles. The fourth-order valence-electron chi connectivity index (χ4n) is 4.44. The number of hydrogen-bond acceptors (Lipinski definition) is 6. The molecule has 1 unspecified atom stereocenters. The lowest BCUT2D eigenvalue weighted by Crippen LogP contribution is -2.35. The number of thioether (sulfide) groups is 1. The molecule has 0 bridgehead atoms. The fraction of sp³-hybridized carbons (Fsp3) is 0.391. The van der Waals surface area contributed by atoms with E-state index in [1.54, 1.807) is 42.1 Å². The quantitative estimate of drug-likeness (QED) is 0.330. The van der Waals surface area contributed by atoms with Gasteiger partial charge >= 0.3 is 6.18 Å². The van der Waals surface area contributed by atoms with Gasteiger partial charge in [-0.05, 0) is 30.9 Å². The van der Waals surface area contributed by atoms with E-state index in [4.69, 9.17) is 11.6 Å². The normalized spacial score (nSPS) is 17.7. The number of halogens is 4. The van der Waals surface area contributed by atoms with Crippen LogP contribution in [0.2, 0.25) is 5.28 Å². The summed E-state index contributed by atoms with van der Waals surface area (Å²) in [5.41, 5.74) is 1.26. The molecule has 0 spiro atoms. The minimum Gasteiger partial charge on any atom is -0.350 e. The largest absolute Gasteiger partial charge is 0.433 e. The SMILES string of the molecule is CCCC1Cc2c(nc(Cl)nc2N2CCc3c(nc(-c4ccccc4)nc3C(F)(F)F)C2)S1. The number of fused-ring (bicyclic) bond motifs is 2. The maximum absolute atomic E-state index is 13.9. The van der Waals surface area contributed by atoms with Crippen LogP contribution >= 0.6 is 23.4 Å². The molecule has 0 radical (unpaired) electrons. The third-order valence-electron chi connectivity index (χ3n) is 5.91. The van der Waals surface area contributed by atoms with Crippen LogP contribution in [0.4, 0.5) is 19.0 Å². The smallest absolute Gasteiger partial charge is 0.350 e. The Labute approximate surface area is 198 Å². The maximum Gasteiger partial charge on any atom is 0.433 e. The fourth-order valence-corrected chi connectivity index (χ4v) is 6.03. The van der Waals surface area contributed by atoms with Gasteiger partial charge in [-0.3, -0.25) is 0 Å². The molecule has 0 saturated carbocycles. The van der Waals surface area contributed by atoms with Crippen molar-refractivity contribution >= 4 is 29.2 Å². The highest BCUT2D eigenvalue weighted by atomic mass is 35.5. The molecular formula is C23H21ClF3N5S. The van der Waals surface area contributed by atoms with E-state index in [9.17, 15) is 13.2 Å². The van der Waals surface area contributed by atoms with Gasteiger partial charge in [-0.2, -0.15) is 13.2 Å². The predicted octanol–water partition coefficient (Wildman–Crippen LogP) is 5.99. The lowest BCUT2D eigenvalue weighted by atomic mass is 10.0. The van der Waals surface area contributed by atoms with Crippen LogP contribution in [0.25, 0.3) is 11.4 Å². The molecule has 5 nitrogen and oxygen atoms in total. The highest BCUT2D eigenvalue weighted by molar-refractivity contribution is 8.00. The van der Waals surface area contributed by atoms with E-state index in [0.717, 1.165) is 29.9 Å². The first-order valence-electron chi connectivity index (χ1n) is 10.8. The van der Waals surface area contributed by atoms with Crippen LogP contribution in [0.3, 0.4) is 0 Å². The summed E-state index contributed by atoms with van der Waals surface area (Å²) < 4.78 is 41.7. The minimum atomic E-state index is -4.55. The molecule has 4 heterocycles. The van der Waals surface area contributed by atoms with Gasteiger partial charge in [0.2, 0.25) is 5.28 Å². The molecule has 172 valence electrons. The van der Waals surface area contributed by atoms with E-state index < -0.39 is 11.9 Å². The molecule has 0 N–H and O–H groups in total. The van der Waals surface area contributed by atoms with E-state index >= 15 is 0 Å².